The van der Waals surface area contributed by atoms with Gasteiger partial charge in [-0.05, 0) is 36.3 Å². The molecule has 0 aliphatic carbocycles. The Morgan fingerprint density at radius 2 is 1.71 bits per heavy atom. The predicted molar refractivity (Wildman–Crippen MR) is 113 cm³/mol. The normalized spacial score (nSPS) is 17.1. The number of carbonyl (C=O) groups excluding carboxylic acids is 2. The molecule has 1 N–H and O–H groups in total. The highest BCUT2D eigenvalue weighted by Gasteiger charge is 2.32. The van der Waals surface area contributed by atoms with Crippen LogP contribution in [0.15, 0.2) is 71.9 Å². The number of hydrogen-bond acceptors (Lipinski definition) is 3. The van der Waals surface area contributed by atoms with Crippen LogP contribution in [-0.4, -0.2) is 37.9 Å². The van der Waals surface area contributed by atoms with Crippen LogP contribution in [0.1, 0.15) is 24.1 Å². The van der Waals surface area contributed by atoms with E-state index < -0.39 is 6.04 Å². The topological polar surface area (TPSA) is 52.7 Å². The molecule has 0 radical (unpaired) electrons. The Bertz CT molecular complexity index is 928. The molecule has 2 amide bonds. The lowest BCUT2D eigenvalue weighted by Gasteiger charge is -2.33. The Labute approximate surface area is 166 Å². The molecule has 144 valence electrons. The largest absolute Gasteiger partial charge is 0.378 e. The minimum atomic E-state index is -0.460. The summed E-state index contributed by atoms with van der Waals surface area (Å²) in [5, 5.41) is 2.93. The van der Waals surface area contributed by atoms with Crippen molar-refractivity contribution in [3.8, 4) is 0 Å². The fraction of sp³-hybridized carbons (Fsp3) is 0.217. The van der Waals surface area contributed by atoms with Gasteiger partial charge in [0.15, 0.2) is 5.78 Å². The zero-order valence-corrected chi connectivity index (χ0v) is 16.6. The molecule has 1 aliphatic heterocycles. The maximum Gasteiger partial charge on any atom is 0.322 e. The van der Waals surface area contributed by atoms with E-state index in [9.17, 15) is 9.59 Å². The second-order valence-corrected chi connectivity index (χ2v) is 7.03. The van der Waals surface area contributed by atoms with E-state index in [1.54, 1.807) is 19.2 Å². The molecule has 1 heterocycles. The number of nitrogens with zero attached hydrogens (tertiary/aromatic N) is 2. The van der Waals surface area contributed by atoms with Crippen molar-refractivity contribution in [2.24, 2.45) is 0 Å². The molecule has 0 saturated heterocycles. The van der Waals surface area contributed by atoms with Crippen LogP contribution in [0.25, 0.3) is 6.08 Å². The monoisotopic (exact) mass is 375 g/mol. The van der Waals surface area contributed by atoms with E-state index in [1.165, 1.54) is 4.90 Å². The van der Waals surface area contributed by atoms with Crippen LogP contribution < -0.4 is 10.2 Å². The Morgan fingerprint density at radius 1 is 1.07 bits per heavy atom. The van der Waals surface area contributed by atoms with Gasteiger partial charge in [-0.1, -0.05) is 48.5 Å². The number of rotatable bonds is 5. The first kappa shape index (κ1) is 19.4. The lowest BCUT2D eigenvalue weighted by Crippen LogP contribution is -2.45. The van der Waals surface area contributed by atoms with Crippen molar-refractivity contribution < 1.29 is 9.59 Å². The number of ketones is 1. The summed E-state index contributed by atoms with van der Waals surface area (Å²) in [6.07, 6.45) is 3.38. The lowest BCUT2D eigenvalue weighted by atomic mass is 9.91. The highest BCUT2D eigenvalue weighted by Crippen LogP contribution is 2.30. The van der Waals surface area contributed by atoms with Crippen LogP contribution in [0.3, 0.4) is 0 Å². The first-order valence-corrected chi connectivity index (χ1v) is 9.18. The van der Waals surface area contributed by atoms with E-state index in [0.717, 1.165) is 16.8 Å². The predicted octanol–water partition coefficient (Wildman–Crippen LogP) is 4.01. The molecule has 1 aliphatic rings. The summed E-state index contributed by atoms with van der Waals surface area (Å²) in [6, 6.07) is 16.8. The summed E-state index contributed by atoms with van der Waals surface area (Å²) in [7, 11) is 5.64. The first-order chi connectivity index (χ1) is 13.4. The number of urea groups is 1. The van der Waals surface area contributed by atoms with Crippen molar-refractivity contribution in [1.82, 2.24) is 10.2 Å². The Kier molecular flexibility index (Phi) is 5.64. The fourth-order valence-corrected chi connectivity index (χ4v) is 3.20. The smallest absolute Gasteiger partial charge is 0.322 e. The van der Waals surface area contributed by atoms with Crippen LogP contribution >= 0.6 is 0 Å². The maximum atomic E-state index is 13.1. The molecular weight excluding hydrogens is 350 g/mol. The molecule has 1 atom stereocenters. The number of anilines is 1. The average molecular weight is 375 g/mol. The van der Waals surface area contributed by atoms with Crippen molar-refractivity contribution in [2.45, 2.75) is 13.0 Å². The van der Waals surface area contributed by atoms with E-state index in [-0.39, 0.29) is 11.8 Å². The Hall–Kier alpha value is -3.34. The third-order valence-corrected chi connectivity index (χ3v) is 4.99. The first-order valence-electron chi connectivity index (χ1n) is 9.18. The van der Waals surface area contributed by atoms with E-state index in [0.29, 0.717) is 11.3 Å². The van der Waals surface area contributed by atoms with Crippen LogP contribution in [0.5, 0.6) is 0 Å². The van der Waals surface area contributed by atoms with Crippen LogP contribution in [-0.2, 0) is 4.79 Å². The minimum absolute atomic E-state index is 0.116. The minimum Gasteiger partial charge on any atom is -0.378 e. The maximum absolute atomic E-state index is 13.1. The highest BCUT2D eigenvalue weighted by atomic mass is 16.2. The number of carbonyl (C=O) groups is 2. The van der Waals surface area contributed by atoms with Gasteiger partial charge in [0.2, 0.25) is 0 Å². The summed E-state index contributed by atoms with van der Waals surface area (Å²) < 4.78 is 0. The highest BCUT2D eigenvalue weighted by molar-refractivity contribution is 6.09. The second-order valence-electron chi connectivity index (χ2n) is 7.03. The average Bonchev–Trinajstić information content (AvgIpc) is 2.71. The molecule has 0 fully saturated rings. The molecular formula is C23H25N3O2. The third kappa shape index (κ3) is 3.98. The molecule has 3 rings (SSSR count). The van der Waals surface area contributed by atoms with Gasteiger partial charge in [0.05, 0.1) is 6.04 Å². The van der Waals surface area contributed by atoms with Crippen molar-refractivity contribution in [3.05, 3.63) is 83.1 Å². The van der Waals surface area contributed by atoms with Gasteiger partial charge < -0.3 is 15.1 Å². The second kappa shape index (κ2) is 8.13. The van der Waals surface area contributed by atoms with E-state index in [4.69, 9.17) is 0 Å². The number of benzene rings is 2. The van der Waals surface area contributed by atoms with Gasteiger partial charge in [0.1, 0.15) is 0 Å². The van der Waals surface area contributed by atoms with E-state index in [1.807, 2.05) is 80.5 Å². The summed E-state index contributed by atoms with van der Waals surface area (Å²) in [5.41, 5.74) is 4.17. The van der Waals surface area contributed by atoms with E-state index >= 15 is 0 Å². The molecule has 1 unspecified atom stereocenters. The number of hydrogen-bond donors (Lipinski definition) is 1. The van der Waals surface area contributed by atoms with Gasteiger partial charge in [-0.15, -0.1) is 0 Å². The summed E-state index contributed by atoms with van der Waals surface area (Å²) >= 11 is 0. The molecule has 0 saturated carbocycles. The molecule has 0 spiro atoms. The summed E-state index contributed by atoms with van der Waals surface area (Å²) in [4.78, 5) is 28.8. The van der Waals surface area contributed by atoms with Crippen LogP contribution in [0.2, 0.25) is 0 Å². The zero-order valence-electron chi connectivity index (χ0n) is 16.6. The molecule has 2 aromatic carbocycles. The molecule has 5 nitrogen and oxygen atoms in total. The Balaban J connectivity index is 1.91. The van der Waals surface area contributed by atoms with E-state index in [2.05, 4.69) is 5.32 Å². The van der Waals surface area contributed by atoms with Crippen molar-refractivity contribution in [2.75, 3.05) is 26.0 Å². The summed E-state index contributed by atoms with van der Waals surface area (Å²) in [6.45, 7) is 1.81. The van der Waals surface area contributed by atoms with Crippen molar-refractivity contribution in [3.63, 3.8) is 0 Å². The van der Waals surface area contributed by atoms with Crippen LogP contribution in [0, 0.1) is 0 Å². The van der Waals surface area contributed by atoms with Gasteiger partial charge in [-0.25, -0.2) is 4.79 Å². The number of nitrogens with one attached hydrogen (secondary N) is 1. The van der Waals surface area contributed by atoms with Gasteiger partial charge in [-0.2, -0.15) is 0 Å². The Morgan fingerprint density at radius 3 is 2.32 bits per heavy atom. The third-order valence-electron chi connectivity index (χ3n) is 4.99. The van der Waals surface area contributed by atoms with Crippen molar-refractivity contribution >= 4 is 23.6 Å². The molecule has 28 heavy (non-hydrogen) atoms. The van der Waals surface area contributed by atoms with Gasteiger partial charge in [0, 0.05) is 38.1 Å². The fourth-order valence-electron chi connectivity index (χ4n) is 3.20. The number of allylic oxidation sites excluding steroid dienone is 2. The van der Waals surface area contributed by atoms with Gasteiger partial charge >= 0.3 is 6.03 Å². The molecule has 0 bridgehead atoms. The standard InChI is InChI=1S/C23H25N3O2/c1-16-21(20(27)15-12-17-10-13-19(14-11-17)25(2)3)22(24-23(28)26(16)4)18-8-6-5-7-9-18/h5-15,22H,1-4H3,(H,24,28). The van der Waals surface area contributed by atoms with Crippen molar-refractivity contribution in [1.29, 1.82) is 0 Å². The van der Waals surface area contributed by atoms with Gasteiger partial charge in [0.25, 0.3) is 0 Å². The molecule has 5 heteroatoms. The van der Waals surface area contributed by atoms with Crippen LogP contribution in [0.4, 0.5) is 10.5 Å². The zero-order chi connectivity index (χ0) is 20.3. The quantitative estimate of drug-likeness (QED) is 0.804. The SMILES string of the molecule is CC1=C(C(=O)C=Cc2ccc(N(C)C)cc2)C(c2ccccc2)NC(=O)N1C. The molecule has 0 aromatic heterocycles. The lowest BCUT2D eigenvalue weighted by molar-refractivity contribution is -0.111. The van der Waals surface area contributed by atoms with Gasteiger partial charge in [-0.3, -0.25) is 4.79 Å². The molecule has 2 aromatic rings. The number of amides is 2. The summed E-state index contributed by atoms with van der Waals surface area (Å²) in [5.74, 6) is -0.116.